The van der Waals surface area contributed by atoms with Crippen molar-refractivity contribution >= 4 is 11.0 Å². The molecule has 0 spiro atoms. The van der Waals surface area contributed by atoms with E-state index < -0.39 is 0 Å². The van der Waals surface area contributed by atoms with Crippen LogP contribution in [0.5, 0.6) is 5.75 Å². The van der Waals surface area contributed by atoms with Crippen LogP contribution in [0.25, 0.3) is 11.0 Å². The van der Waals surface area contributed by atoms with Crippen molar-refractivity contribution in [2.45, 2.75) is 20.3 Å². The number of benzene rings is 1. The van der Waals surface area contributed by atoms with Gasteiger partial charge in [-0.05, 0) is 38.5 Å². The first-order valence-electron chi connectivity index (χ1n) is 5.84. The van der Waals surface area contributed by atoms with Gasteiger partial charge < -0.3 is 9.15 Å². The van der Waals surface area contributed by atoms with Gasteiger partial charge in [-0.15, -0.1) is 0 Å². The largest absolute Gasteiger partial charge is 0.496 e. The third-order valence-corrected chi connectivity index (χ3v) is 2.75. The minimum Gasteiger partial charge on any atom is -0.496 e. The fourth-order valence-electron chi connectivity index (χ4n) is 1.80. The van der Waals surface area contributed by atoms with Crippen molar-refractivity contribution in [3.05, 3.63) is 51.9 Å². The monoisotopic (exact) mass is 244 g/mol. The number of fused-ring (bicyclic) bond motifs is 1. The molecule has 0 amide bonds. The van der Waals surface area contributed by atoms with E-state index in [1.165, 1.54) is 11.6 Å². The van der Waals surface area contributed by atoms with E-state index in [1.54, 1.807) is 13.2 Å². The Bertz CT molecular complexity index is 646. The van der Waals surface area contributed by atoms with Crippen molar-refractivity contribution in [3.8, 4) is 5.75 Å². The van der Waals surface area contributed by atoms with Gasteiger partial charge in [0.2, 0.25) is 0 Å². The van der Waals surface area contributed by atoms with Gasteiger partial charge >= 0.3 is 5.63 Å². The molecule has 18 heavy (non-hydrogen) atoms. The Morgan fingerprint density at radius 1 is 1.33 bits per heavy atom. The van der Waals surface area contributed by atoms with Crippen molar-refractivity contribution in [2.24, 2.45) is 0 Å². The average Bonchev–Trinajstić information content (AvgIpc) is 2.35. The van der Waals surface area contributed by atoms with Crippen LogP contribution in [0, 0.1) is 0 Å². The number of ether oxygens (including phenoxy) is 1. The summed E-state index contributed by atoms with van der Waals surface area (Å²) in [5.41, 5.74) is 2.52. The Kier molecular flexibility index (Phi) is 3.51. The predicted molar refractivity (Wildman–Crippen MR) is 72.2 cm³/mol. The van der Waals surface area contributed by atoms with Gasteiger partial charge in [-0.2, -0.15) is 0 Å². The summed E-state index contributed by atoms with van der Waals surface area (Å²) in [6.07, 6.45) is 2.88. The molecule has 0 saturated heterocycles. The predicted octanol–water partition coefficient (Wildman–Crippen LogP) is 3.31. The molecule has 0 aliphatic carbocycles. The summed E-state index contributed by atoms with van der Waals surface area (Å²) in [6.45, 7) is 4.10. The highest BCUT2D eigenvalue weighted by Gasteiger charge is 2.06. The van der Waals surface area contributed by atoms with E-state index >= 15 is 0 Å². The zero-order valence-electron chi connectivity index (χ0n) is 10.8. The molecule has 0 bridgehead atoms. The van der Waals surface area contributed by atoms with Gasteiger partial charge in [0.05, 0.1) is 7.11 Å². The molecule has 3 heteroatoms. The quantitative estimate of drug-likeness (QED) is 0.614. The second-order valence-electron chi connectivity index (χ2n) is 4.44. The van der Waals surface area contributed by atoms with Gasteiger partial charge in [0.15, 0.2) is 0 Å². The lowest BCUT2D eigenvalue weighted by Crippen LogP contribution is -1.97. The van der Waals surface area contributed by atoms with E-state index in [4.69, 9.17) is 9.15 Å². The average molecular weight is 244 g/mol. The lowest BCUT2D eigenvalue weighted by atomic mass is 10.1. The Hall–Kier alpha value is -2.03. The molecule has 0 atom stereocenters. The number of allylic oxidation sites excluding steroid dienone is 2. The van der Waals surface area contributed by atoms with Gasteiger partial charge in [0, 0.05) is 17.0 Å². The summed E-state index contributed by atoms with van der Waals surface area (Å²) < 4.78 is 10.5. The highest BCUT2D eigenvalue weighted by molar-refractivity contribution is 5.79. The van der Waals surface area contributed by atoms with Crippen LogP contribution in [-0.2, 0) is 6.42 Å². The summed E-state index contributed by atoms with van der Waals surface area (Å²) in [7, 11) is 1.65. The lowest BCUT2D eigenvalue weighted by Gasteiger charge is -2.08. The molecule has 2 rings (SSSR count). The first-order valence-corrected chi connectivity index (χ1v) is 5.84. The first-order chi connectivity index (χ1) is 8.60. The van der Waals surface area contributed by atoms with Crippen molar-refractivity contribution in [2.75, 3.05) is 7.11 Å². The van der Waals surface area contributed by atoms with E-state index in [-0.39, 0.29) is 5.63 Å². The SMILES string of the molecule is COc1cc2ccc(=O)oc2cc1CC=C(C)C. The van der Waals surface area contributed by atoms with E-state index in [1.807, 2.05) is 26.0 Å². The first kappa shape index (κ1) is 12.4. The van der Waals surface area contributed by atoms with E-state index in [0.29, 0.717) is 5.58 Å². The highest BCUT2D eigenvalue weighted by atomic mass is 16.5. The summed E-state index contributed by atoms with van der Waals surface area (Å²) in [4.78, 5) is 11.2. The standard InChI is InChI=1S/C15H16O3/c1-10(2)4-5-11-9-14-12(8-13(11)17-3)6-7-15(16)18-14/h4,6-9H,5H2,1-3H3. The van der Waals surface area contributed by atoms with Crippen LogP contribution in [0.1, 0.15) is 19.4 Å². The Labute approximate surface area is 106 Å². The lowest BCUT2D eigenvalue weighted by molar-refractivity contribution is 0.411. The second-order valence-corrected chi connectivity index (χ2v) is 4.44. The molecule has 94 valence electrons. The normalized spacial score (nSPS) is 10.4. The summed E-state index contributed by atoms with van der Waals surface area (Å²) in [6, 6.07) is 6.92. The minimum absolute atomic E-state index is 0.333. The maximum atomic E-state index is 11.2. The molecular formula is C15H16O3. The number of methoxy groups -OCH3 is 1. The van der Waals surface area contributed by atoms with Gasteiger partial charge in [-0.25, -0.2) is 4.79 Å². The molecule has 0 fully saturated rings. The molecule has 0 aliphatic rings. The zero-order valence-corrected chi connectivity index (χ0v) is 10.8. The Morgan fingerprint density at radius 2 is 2.11 bits per heavy atom. The van der Waals surface area contributed by atoms with Gasteiger partial charge in [-0.3, -0.25) is 0 Å². The van der Waals surface area contributed by atoms with Crippen molar-refractivity contribution in [3.63, 3.8) is 0 Å². The summed E-state index contributed by atoms with van der Waals surface area (Å²) in [5, 5.41) is 0.868. The molecule has 0 aliphatic heterocycles. The van der Waals surface area contributed by atoms with Gasteiger partial charge in [0.1, 0.15) is 11.3 Å². The molecule has 0 radical (unpaired) electrons. The van der Waals surface area contributed by atoms with Crippen LogP contribution in [0.15, 0.2) is 45.1 Å². The van der Waals surface area contributed by atoms with E-state index in [2.05, 4.69) is 6.08 Å². The van der Waals surface area contributed by atoms with Crippen LogP contribution in [0.4, 0.5) is 0 Å². The van der Waals surface area contributed by atoms with Gasteiger partial charge in [-0.1, -0.05) is 11.6 Å². The van der Waals surface area contributed by atoms with Crippen molar-refractivity contribution in [1.29, 1.82) is 0 Å². The molecule has 1 aromatic carbocycles. The van der Waals surface area contributed by atoms with Crippen LogP contribution in [0.2, 0.25) is 0 Å². The van der Waals surface area contributed by atoms with Crippen LogP contribution >= 0.6 is 0 Å². The maximum absolute atomic E-state index is 11.2. The van der Waals surface area contributed by atoms with Crippen molar-refractivity contribution in [1.82, 2.24) is 0 Å². The second kappa shape index (κ2) is 5.08. The maximum Gasteiger partial charge on any atom is 0.336 e. The molecule has 0 saturated carbocycles. The number of hydrogen-bond acceptors (Lipinski definition) is 3. The zero-order chi connectivity index (χ0) is 13.1. The van der Waals surface area contributed by atoms with Crippen molar-refractivity contribution < 1.29 is 9.15 Å². The summed E-state index contributed by atoms with van der Waals surface area (Å²) >= 11 is 0. The number of hydrogen-bond donors (Lipinski definition) is 0. The van der Waals surface area contributed by atoms with Gasteiger partial charge in [0.25, 0.3) is 0 Å². The van der Waals surface area contributed by atoms with E-state index in [0.717, 1.165) is 23.1 Å². The topological polar surface area (TPSA) is 39.4 Å². The fourth-order valence-corrected chi connectivity index (χ4v) is 1.80. The molecule has 0 N–H and O–H groups in total. The number of rotatable bonds is 3. The third kappa shape index (κ3) is 2.62. The minimum atomic E-state index is -0.333. The Balaban J connectivity index is 2.56. The third-order valence-electron chi connectivity index (χ3n) is 2.75. The highest BCUT2D eigenvalue weighted by Crippen LogP contribution is 2.26. The molecule has 1 aromatic heterocycles. The summed E-state index contributed by atoms with van der Waals surface area (Å²) in [5.74, 6) is 0.814. The van der Waals surface area contributed by atoms with E-state index in [9.17, 15) is 4.79 Å². The fraction of sp³-hybridized carbons (Fsp3) is 0.267. The molecular weight excluding hydrogens is 228 g/mol. The molecule has 0 unspecified atom stereocenters. The molecule has 1 heterocycles. The molecule has 3 nitrogen and oxygen atoms in total. The smallest absolute Gasteiger partial charge is 0.336 e. The van der Waals surface area contributed by atoms with Crippen LogP contribution < -0.4 is 10.4 Å². The molecule has 2 aromatic rings. The van der Waals surface area contributed by atoms with Crippen LogP contribution in [-0.4, -0.2) is 7.11 Å². The Morgan fingerprint density at radius 3 is 2.78 bits per heavy atom. The van der Waals surface area contributed by atoms with Crippen LogP contribution in [0.3, 0.4) is 0 Å².